The topological polar surface area (TPSA) is 59.4 Å². The molecule has 1 heterocycles. The molecule has 1 aromatic heterocycles. The van der Waals surface area contributed by atoms with E-state index in [1.807, 2.05) is 0 Å². The summed E-state index contributed by atoms with van der Waals surface area (Å²) >= 11 is 0. The van der Waals surface area contributed by atoms with Crippen LogP contribution in [-0.2, 0) is 17.4 Å². The SMILES string of the molecule is COc1cc(CC(=O)O)nc2c(C(F)(F)F)cccc12. The van der Waals surface area contributed by atoms with Gasteiger partial charge in [0.25, 0.3) is 0 Å². The summed E-state index contributed by atoms with van der Waals surface area (Å²) in [6.45, 7) is 0. The zero-order valence-corrected chi connectivity index (χ0v) is 10.4. The predicted molar refractivity (Wildman–Crippen MR) is 64.6 cm³/mol. The van der Waals surface area contributed by atoms with Crippen LogP contribution in [0.5, 0.6) is 5.75 Å². The molecule has 0 aliphatic heterocycles. The zero-order chi connectivity index (χ0) is 14.9. The molecular formula is C13H10F3NO3. The fourth-order valence-electron chi connectivity index (χ4n) is 1.91. The van der Waals surface area contributed by atoms with Gasteiger partial charge in [0.05, 0.1) is 30.3 Å². The van der Waals surface area contributed by atoms with Crippen molar-refractivity contribution in [2.24, 2.45) is 0 Å². The molecule has 4 nitrogen and oxygen atoms in total. The minimum absolute atomic E-state index is 0.0125. The lowest BCUT2D eigenvalue weighted by molar-refractivity contribution is -0.137. The lowest BCUT2D eigenvalue weighted by Gasteiger charge is -2.13. The molecule has 0 radical (unpaired) electrons. The normalized spacial score (nSPS) is 11.6. The third-order valence-electron chi connectivity index (χ3n) is 2.71. The van der Waals surface area contributed by atoms with Gasteiger partial charge >= 0.3 is 12.1 Å². The van der Waals surface area contributed by atoms with Crippen molar-refractivity contribution >= 4 is 16.9 Å². The quantitative estimate of drug-likeness (QED) is 0.942. The van der Waals surface area contributed by atoms with Crippen LogP contribution in [0.2, 0.25) is 0 Å². The van der Waals surface area contributed by atoms with E-state index in [-0.39, 0.29) is 22.3 Å². The summed E-state index contributed by atoms with van der Waals surface area (Å²) in [5, 5.41) is 8.92. The predicted octanol–water partition coefficient (Wildman–Crippen LogP) is 2.89. The van der Waals surface area contributed by atoms with Crippen molar-refractivity contribution in [3.05, 3.63) is 35.5 Å². The van der Waals surface area contributed by atoms with Gasteiger partial charge in [-0.1, -0.05) is 6.07 Å². The number of halogens is 3. The first-order chi connectivity index (χ1) is 9.32. The van der Waals surface area contributed by atoms with E-state index < -0.39 is 24.1 Å². The molecule has 2 rings (SSSR count). The van der Waals surface area contributed by atoms with Crippen LogP contribution < -0.4 is 4.74 Å². The number of aliphatic carboxylic acids is 1. The number of carbonyl (C=O) groups is 1. The van der Waals surface area contributed by atoms with E-state index in [2.05, 4.69) is 4.98 Å². The van der Waals surface area contributed by atoms with Gasteiger partial charge < -0.3 is 9.84 Å². The first kappa shape index (κ1) is 14.1. The number of nitrogens with zero attached hydrogens (tertiary/aromatic N) is 1. The van der Waals surface area contributed by atoms with Crippen molar-refractivity contribution in [3.8, 4) is 5.75 Å². The molecule has 2 aromatic rings. The summed E-state index contributed by atoms with van der Waals surface area (Å²) in [7, 11) is 1.31. The van der Waals surface area contributed by atoms with E-state index in [1.165, 1.54) is 25.3 Å². The number of hydrogen-bond acceptors (Lipinski definition) is 3. The van der Waals surface area contributed by atoms with Gasteiger partial charge in [0, 0.05) is 11.5 Å². The number of hydrogen-bond donors (Lipinski definition) is 1. The van der Waals surface area contributed by atoms with Crippen LogP contribution >= 0.6 is 0 Å². The van der Waals surface area contributed by atoms with E-state index in [9.17, 15) is 18.0 Å². The fourth-order valence-corrected chi connectivity index (χ4v) is 1.91. The van der Waals surface area contributed by atoms with Gasteiger partial charge in [0.15, 0.2) is 0 Å². The second-order valence-corrected chi connectivity index (χ2v) is 4.09. The van der Waals surface area contributed by atoms with Gasteiger partial charge in [0.1, 0.15) is 5.75 Å². The number of ether oxygens (including phenoxy) is 1. The van der Waals surface area contributed by atoms with E-state index in [4.69, 9.17) is 9.84 Å². The van der Waals surface area contributed by atoms with Crippen LogP contribution in [0, 0.1) is 0 Å². The Morgan fingerprint density at radius 2 is 2.10 bits per heavy atom. The molecular weight excluding hydrogens is 275 g/mol. The van der Waals surface area contributed by atoms with Crippen molar-refractivity contribution in [2.75, 3.05) is 7.11 Å². The maximum atomic E-state index is 13.0. The smallest absolute Gasteiger partial charge is 0.418 e. The first-order valence-corrected chi connectivity index (χ1v) is 5.58. The number of para-hydroxylation sites is 1. The molecule has 0 saturated heterocycles. The van der Waals surface area contributed by atoms with Gasteiger partial charge in [0.2, 0.25) is 0 Å². The minimum atomic E-state index is -4.57. The highest BCUT2D eigenvalue weighted by atomic mass is 19.4. The monoisotopic (exact) mass is 285 g/mol. The van der Waals surface area contributed by atoms with Gasteiger partial charge in [-0.05, 0) is 12.1 Å². The Morgan fingerprint density at radius 1 is 1.40 bits per heavy atom. The molecule has 0 bridgehead atoms. The highest BCUT2D eigenvalue weighted by Crippen LogP contribution is 2.36. The third kappa shape index (κ3) is 2.66. The second-order valence-electron chi connectivity index (χ2n) is 4.09. The van der Waals surface area contributed by atoms with Gasteiger partial charge in [-0.3, -0.25) is 9.78 Å². The highest BCUT2D eigenvalue weighted by molar-refractivity contribution is 5.88. The molecule has 0 saturated carbocycles. The summed E-state index contributed by atoms with van der Waals surface area (Å²) in [6.07, 6.45) is -5.04. The fraction of sp³-hybridized carbons (Fsp3) is 0.231. The van der Waals surface area contributed by atoms with E-state index in [0.717, 1.165) is 6.07 Å². The number of pyridine rings is 1. The molecule has 1 aromatic carbocycles. The van der Waals surface area contributed by atoms with E-state index >= 15 is 0 Å². The van der Waals surface area contributed by atoms with Crippen molar-refractivity contribution < 1.29 is 27.8 Å². The number of alkyl halides is 3. The maximum Gasteiger partial charge on any atom is 0.418 e. The Balaban J connectivity index is 2.75. The zero-order valence-electron chi connectivity index (χ0n) is 10.4. The lowest BCUT2D eigenvalue weighted by atomic mass is 10.1. The van der Waals surface area contributed by atoms with Crippen LogP contribution in [0.3, 0.4) is 0 Å². The molecule has 0 atom stereocenters. The van der Waals surface area contributed by atoms with Crippen molar-refractivity contribution in [1.29, 1.82) is 0 Å². The van der Waals surface area contributed by atoms with Crippen LogP contribution in [0.15, 0.2) is 24.3 Å². The number of carboxylic acid groups (broad SMARTS) is 1. The minimum Gasteiger partial charge on any atom is -0.496 e. The molecule has 1 N–H and O–H groups in total. The Hall–Kier alpha value is -2.31. The molecule has 0 unspecified atom stereocenters. The van der Waals surface area contributed by atoms with Crippen LogP contribution in [0.4, 0.5) is 13.2 Å². The number of carboxylic acids is 1. The molecule has 106 valence electrons. The van der Waals surface area contributed by atoms with Crippen molar-refractivity contribution in [2.45, 2.75) is 12.6 Å². The number of benzene rings is 1. The Bertz CT molecular complexity index is 668. The first-order valence-electron chi connectivity index (χ1n) is 5.58. The molecule has 0 aliphatic rings. The highest BCUT2D eigenvalue weighted by Gasteiger charge is 2.33. The van der Waals surface area contributed by atoms with Gasteiger partial charge in [-0.15, -0.1) is 0 Å². The van der Waals surface area contributed by atoms with Crippen molar-refractivity contribution in [3.63, 3.8) is 0 Å². The molecule has 0 spiro atoms. The maximum absolute atomic E-state index is 13.0. The third-order valence-corrected chi connectivity index (χ3v) is 2.71. The number of rotatable bonds is 3. The molecule has 0 fully saturated rings. The summed E-state index contributed by atoms with van der Waals surface area (Å²) in [6, 6.07) is 4.93. The standard InChI is InChI=1S/C13H10F3NO3/c1-20-10-5-7(6-11(18)19)17-12-8(10)3-2-4-9(12)13(14,15)16/h2-5H,6H2,1H3,(H,18,19). The summed E-state index contributed by atoms with van der Waals surface area (Å²) < 4.78 is 43.9. The number of methoxy groups -OCH3 is 1. The summed E-state index contributed by atoms with van der Waals surface area (Å²) in [5.41, 5.74) is -1.21. The van der Waals surface area contributed by atoms with Crippen molar-refractivity contribution in [1.82, 2.24) is 4.98 Å². The average molecular weight is 285 g/mol. The number of aromatic nitrogens is 1. The van der Waals surface area contributed by atoms with Gasteiger partial charge in [-0.2, -0.15) is 13.2 Å². The molecule has 0 aliphatic carbocycles. The van der Waals surface area contributed by atoms with E-state index in [1.54, 1.807) is 0 Å². The Kier molecular flexibility index (Phi) is 3.52. The Labute approximate surface area is 111 Å². The second kappa shape index (κ2) is 4.99. The van der Waals surface area contributed by atoms with Gasteiger partial charge in [-0.25, -0.2) is 0 Å². The van der Waals surface area contributed by atoms with Crippen LogP contribution in [-0.4, -0.2) is 23.2 Å². The molecule has 0 amide bonds. The van der Waals surface area contributed by atoms with Crippen LogP contribution in [0.1, 0.15) is 11.3 Å². The van der Waals surface area contributed by atoms with Crippen LogP contribution in [0.25, 0.3) is 10.9 Å². The average Bonchev–Trinajstić information content (AvgIpc) is 2.35. The molecule has 20 heavy (non-hydrogen) atoms. The summed E-state index contributed by atoms with van der Waals surface area (Å²) in [5.74, 6) is -1.01. The summed E-state index contributed by atoms with van der Waals surface area (Å²) in [4.78, 5) is 14.5. The van der Waals surface area contributed by atoms with E-state index in [0.29, 0.717) is 0 Å². The molecule has 7 heteroatoms. The Morgan fingerprint density at radius 3 is 2.65 bits per heavy atom. The number of fused-ring (bicyclic) bond motifs is 1. The largest absolute Gasteiger partial charge is 0.496 e. The lowest BCUT2D eigenvalue weighted by Crippen LogP contribution is -2.09.